The summed E-state index contributed by atoms with van der Waals surface area (Å²) in [7, 11) is 0. The van der Waals surface area contributed by atoms with Crippen molar-refractivity contribution in [2.45, 2.75) is 16.3 Å². The fourth-order valence-corrected chi connectivity index (χ4v) is 2.54. The van der Waals surface area contributed by atoms with Gasteiger partial charge in [0.1, 0.15) is 6.29 Å². The fourth-order valence-electron chi connectivity index (χ4n) is 0.751. The molecule has 0 aromatic carbocycles. The topological polar surface area (TPSA) is 17.1 Å². The summed E-state index contributed by atoms with van der Waals surface area (Å²) in [4.78, 5) is 11.0. The van der Waals surface area contributed by atoms with E-state index >= 15 is 0 Å². The molecule has 0 saturated heterocycles. The monoisotopic (exact) mass is 440 g/mol. The molecule has 11 heteroatoms. The highest BCUT2D eigenvalue weighted by molar-refractivity contribution is 6.78. The molecule has 0 amide bonds. The van der Waals surface area contributed by atoms with Crippen LogP contribution in [0.5, 0.6) is 0 Å². The average Bonchev–Trinajstić information content (AvgIpc) is 1.99. The number of aldehydes is 1. The van der Waals surface area contributed by atoms with Crippen LogP contribution in [0.3, 0.4) is 0 Å². The zero-order valence-electron chi connectivity index (χ0n) is 7.34. The smallest absolute Gasteiger partial charge is 0.223 e. The normalized spacial score (nSPS) is 15.2. The molecule has 0 spiro atoms. The second-order valence-electron chi connectivity index (χ2n) is 2.86. The van der Waals surface area contributed by atoms with Crippen molar-refractivity contribution in [3.05, 3.63) is 0 Å². The molecule has 0 atom stereocenters. The fraction of sp³-hybridized carbons (Fsp3) is 0.833. The van der Waals surface area contributed by atoms with Crippen LogP contribution in [-0.4, -0.2) is 22.5 Å². The molecular weight excluding hydrogens is 443 g/mol. The van der Waals surface area contributed by atoms with Gasteiger partial charge < -0.3 is 4.79 Å². The quantitative estimate of drug-likeness (QED) is 0.392. The summed E-state index contributed by atoms with van der Waals surface area (Å²) < 4.78 is -9.17. The maximum absolute atomic E-state index is 11.0. The van der Waals surface area contributed by atoms with Gasteiger partial charge in [-0.15, -0.1) is 0 Å². The maximum atomic E-state index is 11.0. The zero-order chi connectivity index (χ0) is 14.3. The highest BCUT2D eigenvalue weighted by Crippen LogP contribution is 2.60. The number of rotatable bonds is 3. The first-order valence-electron chi connectivity index (χ1n) is 3.54. The minimum Gasteiger partial charge on any atom is -0.303 e. The summed E-state index contributed by atoms with van der Waals surface area (Å²) in [6, 6.07) is 0. The van der Waals surface area contributed by atoms with Gasteiger partial charge in [0.2, 0.25) is 7.59 Å². The number of carbonyl (C=O) groups is 1. The molecule has 0 N–H and O–H groups in total. The van der Waals surface area contributed by atoms with Gasteiger partial charge in [-0.25, -0.2) is 0 Å². The van der Waals surface area contributed by atoms with Crippen LogP contribution in [0.2, 0.25) is 0 Å². The van der Waals surface area contributed by atoms with Crippen molar-refractivity contribution in [3.63, 3.8) is 0 Å². The van der Waals surface area contributed by atoms with Crippen LogP contribution < -0.4 is 0 Å². The summed E-state index contributed by atoms with van der Waals surface area (Å²) in [5, 5.41) is 0. The summed E-state index contributed by atoms with van der Waals surface area (Å²) >= 11 is 56.1. The number of carbonyl (C=O) groups excluding carboxylic acids is 1. The van der Waals surface area contributed by atoms with E-state index in [9.17, 15) is 4.79 Å². The van der Waals surface area contributed by atoms with Crippen molar-refractivity contribution in [1.82, 2.24) is 0 Å². The van der Waals surface area contributed by atoms with Crippen molar-refractivity contribution in [3.8, 4) is 0 Å². The Hall–Kier alpha value is 2.57. The molecule has 0 saturated carbocycles. The largest absolute Gasteiger partial charge is 0.303 e. The average molecular weight is 445 g/mol. The van der Waals surface area contributed by atoms with E-state index in [4.69, 9.17) is 116 Å². The molecular formula is C6H2Cl10O. The molecule has 0 aliphatic carbocycles. The number of alkyl halides is 10. The number of hydrogen-bond acceptors (Lipinski definition) is 1. The van der Waals surface area contributed by atoms with Crippen LogP contribution in [-0.2, 0) is 4.79 Å². The maximum Gasteiger partial charge on any atom is 0.223 e. The van der Waals surface area contributed by atoms with E-state index in [1.807, 2.05) is 0 Å². The molecule has 0 unspecified atom stereocenters. The molecule has 0 heterocycles. The predicted molar refractivity (Wildman–Crippen MR) is 79.0 cm³/mol. The summed E-state index contributed by atoms with van der Waals surface area (Å²) in [6.45, 7) is 0. The van der Waals surface area contributed by atoms with E-state index in [1.54, 1.807) is 0 Å². The van der Waals surface area contributed by atoms with Crippen LogP contribution in [0.25, 0.3) is 0 Å². The van der Waals surface area contributed by atoms with Crippen molar-refractivity contribution < 1.29 is 4.79 Å². The molecule has 0 aromatic heterocycles. The van der Waals surface area contributed by atoms with E-state index in [0.717, 1.165) is 0 Å². The second kappa shape index (κ2) is 6.13. The summed E-state index contributed by atoms with van der Waals surface area (Å²) in [5.74, 6) is -1.68. The van der Waals surface area contributed by atoms with Gasteiger partial charge in [-0.1, -0.05) is 116 Å². The van der Waals surface area contributed by atoms with Gasteiger partial charge in [-0.05, 0) is 0 Å². The third kappa shape index (κ3) is 4.27. The van der Waals surface area contributed by atoms with E-state index in [-0.39, 0.29) is 6.29 Å². The molecule has 102 valence electrons. The van der Waals surface area contributed by atoms with Crippen LogP contribution in [0, 0.1) is 5.92 Å². The highest BCUT2D eigenvalue weighted by Gasteiger charge is 2.64. The van der Waals surface area contributed by atoms with Gasteiger partial charge >= 0.3 is 0 Å². The molecule has 0 rings (SSSR count). The first-order valence-corrected chi connectivity index (χ1v) is 7.32. The predicted octanol–water partition coefficient (Wildman–Crippen LogP) is 5.89. The number of halogens is 10. The second-order valence-corrected chi connectivity index (χ2v) is 10.2. The Morgan fingerprint density at radius 1 is 0.647 bits per heavy atom. The Kier molecular flexibility index (Phi) is 7.06. The van der Waals surface area contributed by atoms with Gasteiger partial charge in [0.25, 0.3) is 0 Å². The molecule has 0 aliphatic rings. The SMILES string of the molecule is O=CC(C(Cl)(Cl)C(Cl)(Cl)Cl)C(Cl)(Cl)C(Cl)(Cl)Cl. The van der Waals surface area contributed by atoms with Crippen LogP contribution in [0.4, 0.5) is 0 Å². The molecule has 0 bridgehead atoms. The third-order valence-corrected chi connectivity index (χ3v) is 6.70. The van der Waals surface area contributed by atoms with E-state index in [1.165, 1.54) is 0 Å². The number of hydrogen-bond donors (Lipinski definition) is 0. The molecule has 0 aromatic rings. The van der Waals surface area contributed by atoms with Crippen molar-refractivity contribution >= 4 is 122 Å². The summed E-state index contributed by atoms with van der Waals surface area (Å²) in [5.41, 5.74) is 0. The Bertz CT molecular complexity index is 260. The highest BCUT2D eigenvalue weighted by atomic mass is 35.6. The molecule has 1 nitrogen and oxygen atoms in total. The molecule has 0 radical (unpaired) electrons. The first-order chi connectivity index (χ1) is 7.19. The summed E-state index contributed by atoms with van der Waals surface area (Å²) in [6.07, 6.45) is 0.143. The van der Waals surface area contributed by atoms with E-state index in [0.29, 0.717) is 0 Å². The minimum absolute atomic E-state index is 0.143. The molecule has 0 fully saturated rings. The lowest BCUT2D eigenvalue weighted by Gasteiger charge is -2.40. The first kappa shape index (κ1) is 19.6. The van der Waals surface area contributed by atoms with Crippen LogP contribution in [0.15, 0.2) is 0 Å². The van der Waals surface area contributed by atoms with Gasteiger partial charge in [0, 0.05) is 0 Å². The van der Waals surface area contributed by atoms with Crippen molar-refractivity contribution in [2.75, 3.05) is 0 Å². The Labute approximate surface area is 148 Å². The van der Waals surface area contributed by atoms with Gasteiger partial charge in [-0.2, -0.15) is 0 Å². The van der Waals surface area contributed by atoms with Crippen LogP contribution >= 0.6 is 116 Å². The Morgan fingerprint density at radius 3 is 1.00 bits per heavy atom. The zero-order valence-corrected chi connectivity index (χ0v) is 14.9. The Balaban J connectivity index is 5.60. The third-order valence-electron chi connectivity index (χ3n) is 1.67. The molecule has 0 aliphatic heterocycles. The molecule has 17 heavy (non-hydrogen) atoms. The van der Waals surface area contributed by atoms with Gasteiger partial charge in [0.15, 0.2) is 8.67 Å². The van der Waals surface area contributed by atoms with Gasteiger partial charge in [-0.3, -0.25) is 0 Å². The van der Waals surface area contributed by atoms with E-state index < -0.39 is 22.2 Å². The van der Waals surface area contributed by atoms with Crippen molar-refractivity contribution in [1.29, 1.82) is 0 Å². The Morgan fingerprint density at radius 2 is 0.882 bits per heavy atom. The van der Waals surface area contributed by atoms with Crippen LogP contribution in [0.1, 0.15) is 0 Å². The lowest BCUT2D eigenvalue weighted by molar-refractivity contribution is -0.111. The minimum atomic E-state index is -2.30. The standard InChI is InChI=1S/C6H2Cl10O/c7-3(8,5(11,12)13)2(1-17)4(9,10)6(14,15)16/h1-2H. The lowest BCUT2D eigenvalue weighted by Crippen LogP contribution is -2.53. The van der Waals surface area contributed by atoms with Crippen molar-refractivity contribution in [2.24, 2.45) is 5.92 Å². The van der Waals surface area contributed by atoms with Gasteiger partial charge in [0.05, 0.1) is 5.92 Å². The van der Waals surface area contributed by atoms with E-state index in [2.05, 4.69) is 0 Å². The lowest BCUT2D eigenvalue weighted by atomic mass is 10.0.